The number of methoxy groups -OCH3 is 1. The van der Waals surface area contributed by atoms with Gasteiger partial charge in [0.1, 0.15) is 5.75 Å². The van der Waals surface area contributed by atoms with Gasteiger partial charge in [0.25, 0.3) is 0 Å². The van der Waals surface area contributed by atoms with E-state index in [9.17, 15) is 9.90 Å². The molecule has 1 aromatic carbocycles. The van der Waals surface area contributed by atoms with E-state index in [-0.39, 0.29) is 18.9 Å². The fourth-order valence-corrected chi connectivity index (χ4v) is 1.44. The molecule has 4 heteroatoms. The molecule has 0 spiro atoms. The Balaban J connectivity index is 2.76. The minimum absolute atomic E-state index is 0.00882. The van der Waals surface area contributed by atoms with E-state index in [1.54, 1.807) is 31.4 Å². The van der Waals surface area contributed by atoms with Crippen molar-refractivity contribution in [2.45, 2.75) is 19.4 Å². The molecule has 0 aliphatic carbocycles. The molecule has 0 unspecified atom stereocenters. The van der Waals surface area contributed by atoms with E-state index in [1.807, 2.05) is 25.8 Å². The number of hydrogen-bond donors (Lipinski definition) is 1. The molecule has 0 bridgehead atoms. The van der Waals surface area contributed by atoms with Crippen LogP contribution in [0.1, 0.15) is 24.2 Å². The first-order chi connectivity index (χ1) is 8.40. The minimum atomic E-state index is -0.408. The Hall–Kier alpha value is -1.39. The van der Waals surface area contributed by atoms with Gasteiger partial charge in [-0.1, -0.05) is 12.1 Å². The van der Waals surface area contributed by atoms with Crippen molar-refractivity contribution in [3.8, 4) is 5.75 Å². The quantitative estimate of drug-likeness (QED) is 0.780. The molecule has 0 radical (unpaired) electrons. The van der Waals surface area contributed by atoms with Crippen LogP contribution in [0.2, 0.25) is 0 Å². The predicted octanol–water partition coefficient (Wildman–Crippen LogP) is 1.58. The summed E-state index contributed by atoms with van der Waals surface area (Å²) in [7, 11) is 3.40. The topological polar surface area (TPSA) is 49.8 Å². The first kappa shape index (κ1) is 14.7. The smallest absolute Gasteiger partial charge is 0.176 e. The zero-order valence-electron chi connectivity index (χ0n) is 11.4. The maximum Gasteiger partial charge on any atom is 0.176 e. The van der Waals surface area contributed by atoms with Gasteiger partial charge < -0.3 is 9.84 Å². The summed E-state index contributed by atoms with van der Waals surface area (Å²) in [4.78, 5) is 13.9. The van der Waals surface area contributed by atoms with Crippen molar-refractivity contribution in [3.05, 3.63) is 29.8 Å². The third-order valence-corrected chi connectivity index (χ3v) is 3.19. The van der Waals surface area contributed by atoms with Crippen LogP contribution in [0.4, 0.5) is 0 Å². The Bertz CT molecular complexity index is 415. The van der Waals surface area contributed by atoms with Crippen molar-refractivity contribution in [2.75, 3.05) is 27.3 Å². The lowest BCUT2D eigenvalue weighted by Crippen LogP contribution is -2.46. The van der Waals surface area contributed by atoms with Crippen LogP contribution < -0.4 is 4.74 Å². The third kappa shape index (κ3) is 3.55. The molecular weight excluding hydrogens is 230 g/mol. The van der Waals surface area contributed by atoms with Crippen LogP contribution in [-0.4, -0.2) is 48.6 Å². The summed E-state index contributed by atoms with van der Waals surface area (Å²) in [5.41, 5.74) is 0.212. The van der Waals surface area contributed by atoms with Gasteiger partial charge in [-0.25, -0.2) is 0 Å². The highest BCUT2D eigenvalue weighted by Gasteiger charge is 2.24. The fraction of sp³-hybridized carbons (Fsp3) is 0.500. The van der Waals surface area contributed by atoms with Crippen molar-refractivity contribution >= 4 is 5.78 Å². The van der Waals surface area contributed by atoms with Gasteiger partial charge in [0.15, 0.2) is 5.78 Å². The summed E-state index contributed by atoms with van der Waals surface area (Å²) in [6, 6.07) is 7.09. The molecular formula is C14H21NO3. The van der Waals surface area contributed by atoms with E-state index in [2.05, 4.69) is 0 Å². The Labute approximate surface area is 108 Å². The van der Waals surface area contributed by atoms with Crippen LogP contribution in [0.15, 0.2) is 24.3 Å². The van der Waals surface area contributed by atoms with Crippen molar-refractivity contribution in [3.63, 3.8) is 0 Å². The number of Topliss-reactive ketones (excluding diaryl/α,β-unsaturated/α-hetero) is 1. The summed E-state index contributed by atoms with van der Waals surface area (Å²) < 4.78 is 5.09. The van der Waals surface area contributed by atoms with Gasteiger partial charge in [-0.3, -0.25) is 9.69 Å². The molecule has 0 aliphatic heterocycles. The molecule has 0 fully saturated rings. The number of carbonyl (C=O) groups is 1. The Morgan fingerprint density at radius 3 is 2.67 bits per heavy atom. The Kier molecular flexibility index (Phi) is 4.87. The van der Waals surface area contributed by atoms with Crippen molar-refractivity contribution in [1.29, 1.82) is 0 Å². The molecule has 0 aliphatic rings. The number of likely N-dealkylation sites (N-methyl/N-ethyl adjacent to an activating group) is 1. The summed E-state index contributed by atoms with van der Waals surface area (Å²) in [5, 5.41) is 9.26. The average Bonchev–Trinajstić information content (AvgIpc) is 2.38. The second kappa shape index (κ2) is 5.98. The summed E-state index contributed by atoms with van der Waals surface area (Å²) in [6.07, 6.45) is 0. The first-order valence-corrected chi connectivity index (χ1v) is 5.90. The number of benzene rings is 1. The van der Waals surface area contributed by atoms with Crippen molar-refractivity contribution in [1.82, 2.24) is 4.90 Å². The molecule has 0 heterocycles. The highest BCUT2D eigenvalue weighted by molar-refractivity contribution is 5.98. The van der Waals surface area contributed by atoms with Crippen LogP contribution in [0, 0.1) is 0 Å². The molecule has 100 valence electrons. The number of rotatable bonds is 6. The molecule has 18 heavy (non-hydrogen) atoms. The van der Waals surface area contributed by atoms with E-state index >= 15 is 0 Å². The predicted molar refractivity (Wildman–Crippen MR) is 71.1 cm³/mol. The van der Waals surface area contributed by atoms with E-state index in [1.165, 1.54) is 0 Å². The van der Waals surface area contributed by atoms with Crippen LogP contribution in [0.25, 0.3) is 0 Å². The van der Waals surface area contributed by atoms with Gasteiger partial charge in [0.2, 0.25) is 0 Å². The third-order valence-electron chi connectivity index (χ3n) is 3.19. The van der Waals surface area contributed by atoms with Gasteiger partial charge in [-0.2, -0.15) is 0 Å². The van der Waals surface area contributed by atoms with Gasteiger partial charge in [-0.15, -0.1) is 0 Å². The monoisotopic (exact) mass is 251 g/mol. The maximum atomic E-state index is 12.1. The highest BCUT2D eigenvalue weighted by atomic mass is 16.5. The summed E-state index contributed by atoms with van der Waals surface area (Å²) in [6.45, 7) is 4.06. The van der Waals surface area contributed by atoms with Crippen LogP contribution >= 0.6 is 0 Å². The maximum absolute atomic E-state index is 12.1. The molecule has 1 N–H and O–H groups in total. The molecule has 0 saturated carbocycles. The van der Waals surface area contributed by atoms with E-state index in [0.717, 1.165) is 0 Å². The SMILES string of the molecule is COc1cccc(C(=O)CN(C)C(C)(C)CO)c1. The summed E-state index contributed by atoms with van der Waals surface area (Å²) in [5.74, 6) is 0.683. The molecule has 0 amide bonds. The number of aliphatic hydroxyl groups is 1. The lowest BCUT2D eigenvalue weighted by atomic mass is 10.0. The zero-order valence-corrected chi connectivity index (χ0v) is 11.4. The number of hydrogen-bond acceptors (Lipinski definition) is 4. The molecule has 0 saturated heterocycles. The van der Waals surface area contributed by atoms with E-state index in [0.29, 0.717) is 11.3 Å². The minimum Gasteiger partial charge on any atom is -0.497 e. The highest BCUT2D eigenvalue weighted by Crippen LogP contribution is 2.15. The first-order valence-electron chi connectivity index (χ1n) is 5.90. The number of aliphatic hydroxyl groups excluding tert-OH is 1. The van der Waals surface area contributed by atoms with Crippen LogP contribution in [0.3, 0.4) is 0 Å². The molecule has 1 aromatic rings. The number of carbonyl (C=O) groups excluding carboxylic acids is 1. The Morgan fingerprint density at radius 1 is 1.44 bits per heavy atom. The molecule has 0 aromatic heterocycles. The second-order valence-electron chi connectivity index (χ2n) is 4.98. The van der Waals surface area contributed by atoms with Gasteiger partial charge in [0.05, 0.1) is 20.3 Å². The largest absolute Gasteiger partial charge is 0.497 e. The van der Waals surface area contributed by atoms with Gasteiger partial charge in [-0.05, 0) is 33.0 Å². The fourth-order valence-electron chi connectivity index (χ4n) is 1.44. The van der Waals surface area contributed by atoms with Crippen molar-refractivity contribution < 1.29 is 14.6 Å². The lowest BCUT2D eigenvalue weighted by Gasteiger charge is -2.33. The number of ether oxygens (including phenoxy) is 1. The summed E-state index contributed by atoms with van der Waals surface area (Å²) >= 11 is 0. The van der Waals surface area contributed by atoms with E-state index < -0.39 is 5.54 Å². The molecule has 1 rings (SSSR count). The van der Waals surface area contributed by atoms with Gasteiger partial charge in [0, 0.05) is 11.1 Å². The lowest BCUT2D eigenvalue weighted by molar-refractivity contribution is 0.0659. The van der Waals surface area contributed by atoms with Crippen LogP contribution in [-0.2, 0) is 0 Å². The number of nitrogens with zero attached hydrogens (tertiary/aromatic N) is 1. The average molecular weight is 251 g/mol. The second-order valence-corrected chi connectivity index (χ2v) is 4.98. The Morgan fingerprint density at radius 2 is 2.11 bits per heavy atom. The van der Waals surface area contributed by atoms with E-state index in [4.69, 9.17) is 4.74 Å². The number of ketones is 1. The van der Waals surface area contributed by atoms with Crippen LogP contribution in [0.5, 0.6) is 5.75 Å². The molecule has 0 atom stereocenters. The normalized spacial score (nSPS) is 11.7. The molecule has 4 nitrogen and oxygen atoms in total. The standard InChI is InChI=1S/C14H21NO3/c1-14(2,10-16)15(3)9-13(17)11-6-5-7-12(8-11)18-4/h5-8,16H,9-10H2,1-4H3. The van der Waals surface area contributed by atoms with Gasteiger partial charge >= 0.3 is 0 Å². The van der Waals surface area contributed by atoms with Crippen molar-refractivity contribution in [2.24, 2.45) is 0 Å². The zero-order chi connectivity index (χ0) is 13.8.